The van der Waals surface area contributed by atoms with Gasteiger partial charge in [0.25, 0.3) is 0 Å². The molecule has 1 atom stereocenters. The second-order valence-corrected chi connectivity index (χ2v) is 5.15. The molecule has 1 nitrogen and oxygen atoms in total. The summed E-state index contributed by atoms with van der Waals surface area (Å²) in [6, 6.07) is 3.54. The zero-order valence-corrected chi connectivity index (χ0v) is 10.7. The Hall–Kier alpha value is 0.0700. The molecule has 1 fully saturated rings. The van der Waals surface area contributed by atoms with Crippen molar-refractivity contribution in [3.8, 4) is 0 Å². The Morgan fingerprint density at radius 2 is 2.00 bits per heavy atom. The molecule has 1 aliphatic heterocycles. The third-order valence-corrected chi connectivity index (χ3v) is 4.32. The first-order chi connectivity index (χ1) is 6.68. The Morgan fingerprint density at radius 1 is 1.29 bits per heavy atom. The lowest BCUT2D eigenvalue weighted by Crippen LogP contribution is -2.14. The van der Waals surface area contributed by atoms with E-state index in [1.54, 1.807) is 0 Å². The van der Waals surface area contributed by atoms with Crippen LogP contribution in [-0.2, 0) is 0 Å². The highest BCUT2D eigenvalue weighted by Gasteiger charge is 2.20. The first kappa shape index (κ1) is 10.6. The van der Waals surface area contributed by atoms with Gasteiger partial charge in [0, 0.05) is 20.6 Å². The molecule has 14 heavy (non-hydrogen) atoms. The number of hydrogen-bond acceptors (Lipinski definition) is 1. The van der Waals surface area contributed by atoms with Crippen LogP contribution in [0.5, 0.6) is 0 Å². The molecule has 1 unspecified atom stereocenters. The maximum Gasteiger partial charge on any atom is 0.129 e. The molecule has 1 heterocycles. The quantitative estimate of drug-likeness (QED) is 0.776. The molecule has 0 aromatic heterocycles. The molecule has 2 rings (SSSR count). The highest BCUT2D eigenvalue weighted by Crippen LogP contribution is 2.32. The van der Waals surface area contributed by atoms with Crippen molar-refractivity contribution in [2.75, 3.05) is 6.54 Å². The first-order valence-corrected chi connectivity index (χ1v) is 6.15. The summed E-state index contributed by atoms with van der Waals surface area (Å²) in [5, 5.41) is 3.28. The number of halogens is 3. The van der Waals surface area contributed by atoms with E-state index in [2.05, 4.69) is 37.2 Å². The van der Waals surface area contributed by atoms with Gasteiger partial charge in [-0.15, -0.1) is 0 Å². The third kappa shape index (κ3) is 2.02. The van der Waals surface area contributed by atoms with Crippen LogP contribution in [0.2, 0.25) is 0 Å². The zero-order chi connectivity index (χ0) is 10.1. The fourth-order valence-corrected chi connectivity index (χ4v) is 2.43. The van der Waals surface area contributed by atoms with Crippen molar-refractivity contribution in [3.63, 3.8) is 0 Å². The molecule has 1 N–H and O–H groups in total. The lowest BCUT2D eigenvalue weighted by Gasteiger charge is -2.12. The van der Waals surface area contributed by atoms with Crippen LogP contribution < -0.4 is 5.32 Å². The van der Waals surface area contributed by atoms with E-state index in [0.717, 1.165) is 33.9 Å². The van der Waals surface area contributed by atoms with Gasteiger partial charge in [-0.25, -0.2) is 4.39 Å². The number of benzene rings is 1. The summed E-state index contributed by atoms with van der Waals surface area (Å²) >= 11 is 6.67. The fourth-order valence-electron chi connectivity index (χ4n) is 1.75. The van der Waals surface area contributed by atoms with Crippen LogP contribution in [0.4, 0.5) is 4.39 Å². The monoisotopic (exact) mass is 321 g/mol. The average Bonchev–Trinajstić information content (AvgIpc) is 2.64. The van der Waals surface area contributed by atoms with Gasteiger partial charge in [0.15, 0.2) is 0 Å². The van der Waals surface area contributed by atoms with Gasteiger partial charge in [0.05, 0.1) is 0 Å². The second kappa shape index (κ2) is 4.29. The van der Waals surface area contributed by atoms with Crippen molar-refractivity contribution in [1.82, 2.24) is 5.32 Å². The van der Waals surface area contributed by atoms with Crippen LogP contribution in [-0.4, -0.2) is 6.54 Å². The van der Waals surface area contributed by atoms with Crippen LogP contribution >= 0.6 is 31.9 Å². The van der Waals surface area contributed by atoms with E-state index < -0.39 is 0 Å². The summed E-state index contributed by atoms with van der Waals surface area (Å²) in [6.07, 6.45) is 2.14. The molecule has 0 spiro atoms. The van der Waals surface area contributed by atoms with Gasteiger partial charge in [0.2, 0.25) is 0 Å². The van der Waals surface area contributed by atoms with Crippen molar-refractivity contribution in [1.29, 1.82) is 0 Å². The number of hydrogen-bond donors (Lipinski definition) is 1. The zero-order valence-electron chi connectivity index (χ0n) is 7.49. The van der Waals surface area contributed by atoms with Gasteiger partial charge in [-0.2, -0.15) is 0 Å². The molecule has 0 bridgehead atoms. The molecule has 4 heteroatoms. The summed E-state index contributed by atoms with van der Waals surface area (Å²) in [7, 11) is 0. The molecule has 1 aliphatic rings. The minimum absolute atomic E-state index is 0.139. The van der Waals surface area contributed by atoms with Crippen LogP contribution in [0.15, 0.2) is 21.1 Å². The smallest absolute Gasteiger partial charge is 0.129 e. The maximum absolute atomic E-state index is 13.6. The Bertz CT molecular complexity index is 348. The third-order valence-electron chi connectivity index (χ3n) is 2.48. The summed E-state index contributed by atoms with van der Waals surface area (Å²) in [6.45, 7) is 0.984. The number of rotatable bonds is 1. The molecule has 1 aromatic rings. The second-order valence-electron chi connectivity index (χ2n) is 3.44. The largest absolute Gasteiger partial charge is 0.310 e. The van der Waals surface area contributed by atoms with E-state index in [4.69, 9.17) is 0 Å². The van der Waals surface area contributed by atoms with Crippen LogP contribution in [0.3, 0.4) is 0 Å². The molecule has 1 aromatic carbocycles. The van der Waals surface area contributed by atoms with Crippen molar-refractivity contribution in [3.05, 3.63) is 32.5 Å². The maximum atomic E-state index is 13.6. The van der Waals surface area contributed by atoms with Gasteiger partial charge in [0.1, 0.15) is 5.82 Å². The molecular weight excluding hydrogens is 313 g/mol. The molecule has 1 saturated heterocycles. The molecule has 0 radical (unpaired) electrons. The van der Waals surface area contributed by atoms with Gasteiger partial charge >= 0.3 is 0 Å². The van der Waals surface area contributed by atoms with E-state index in [1.807, 2.05) is 6.07 Å². The topological polar surface area (TPSA) is 12.0 Å². The fraction of sp³-hybridized carbons (Fsp3) is 0.400. The Kier molecular flexibility index (Phi) is 3.24. The molecule has 0 saturated carbocycles. The highest BCUT2D eigenvalue weighted by atomic mass is 79.9. The first-order valence-electron chi connectivity index (χ1n) is 4.56. The predicted octanol–water partition coefficient (Wildman–Crippen LogP) is 3.78. The Labute approximate surface area is 99.3 Å². The van der Waals surface area contributed by atoms with Crippen molar-refractivity contribution in [2.45, 2.75) is 18.9 Å². The predicted molar refractivity (Wildman–Crippen MR) is 61.8 cm³/mol. The van der Waals surface area contributed by atoms with Crippen LogP contribution in [0.1, 0.15) is 24.4 Å². The van der Waals surface area contributed by atoms with E-state index in [9.17, 15) is 4.39 Å². The Morgan fingerprint density at radius 3 is 2.64 bits per heavy atom. The summed E-state index contributed by atoms with van der Waals surface area (Å²) in [5.74, 6) is -0.139. The molecule has 0 amide bonds. The lowest BCUT2D eigenvalue weighted by atomic mass is 10.1. The standard InChI is InChI=1S/C10H10Br2FN/c11-7-4-6(9(13)5-8(7)12)10-2-1-3-14-10/h4-5,10,14H,1-3H2. The average molecular weight is 323 g/mol. The SMILES string of the molecule is Fc1cc(Br)c(Br)cc1C1CCCN1. The van der Waals surface area contributed by atoms with E-state index in [1.165, 1.54) is 6.07 Å². The highest BCUT2D eigenvalue weighted by molar-refractivity contribution is 9.13. The van der Waals surface area contributed by atoms with E-state index in [0.29, 0.717) is 0 Å². The van der Waals surface area contributed by atoms with Crippen LogP contribution in [0.25, 0.3) is 0 Å². The molecule has 76 valence electrons. The lowest BCUT2D eigenvalue weighted by molar-refractivity contribution is 0.557. The van der Waals surface area contributed by atoms with Gasteiger partial charge in [-0.3, -0.25) is 0 Å². The van der Waals surface area contributed by atoms with Gasteiger partial charge in [-0.1, -0.05) is 0 Å². The molecular formula is C10H10Br2FN. The van der Waals surface area contributed by atoms with Gasteiger partial charge < -0.3 is 5.32 Å². The molecule has 0 aliphatic carbocycles. The Balaban J connectivity index is 2.37. The summed E-state index contributed by atoms with van der Waals surface area (Å²) < 4.78 is 15.3. The van der Waals surface area contributed by atoms with E-state index in [-0.39, 0.29) is 11.9 Å². The minimum atomic E-state index is -0.139. The van der Waals surface area contributed by atoms with Crippen molar-refractivity contribution >= 4 is 31.9 Å². The van der Waals surface area contributed by atoms with Gasteiger partial charge in [-0.05, 0) is 63.4 Å². The summed E-state index contributed by atoms with van der Waals surface area (Å²) in [4.78, 5) is 0. The van der Waals surface area contributed by atoms with Crippen molar-refractivity contribution in [2.24, 2.45) is 0 Å². The number of nitrogens with one attached hydrogen (secondary N) is 1. The minimum Gasteiger partial charge on any atom is -0.310 e. The van der Waals surface area contributed by atoms with Crippen LogP contribution in [0, 0.1) is 5.82 Å². The normalized spacial score (nSPS) is 21.5. The van der Waals surface area contributed by atoms with Crippen molar-refractivity contribution < 1.29 is 4.39 Å². The summed E-state index contributed by atoms with van der Waals surface area (Å²) in [5.41, 5.74) is 0.762. The van der Waals surface area contributed by atoms with E-state index >= 15 is 0 Å².